The van der Waals surface area contributed by atoms with E-state index in [2.05, 4.69) is 10.5 Å². The number of fused-ring (bicyclic) bond motifs is 3. The van der Waals surface area contributed by atoms with Gasteiger partial charge in [-0.05, 0) is 29.9 Å². The lowest BCUT2D eigenvalue weighted by Crippen LogP contribution is -2.46. The van der Waals surface area contributed by atoms with E-state index < -0.39 is 17.2 Å². The van der Waals surface area contributed by atoms with Crippen LogP contribution in [0.1, 0.15) is 29.5 Å². The van der Waals surface area contributed by atoms with Crippen molar-refractivity contribution in [2.75, 3.05) is 5.75 Å². The van der Waals surface area contributed by atoms with Gasteiger partial charge in [0, 0.05) is 22.3 Å². The monoisotopic (exact) mass is 376 g/mol. The molecule has 2 aliphatic rings. The highest BCUT2D eigenvalue weighted by atomic mass is 32.2. The molecule has 2 aromatic carbocycles. The lowest BCUT2D eigenvalue weighted by Gasteiger charge is -2.37. The van der Waals surface area contributed by atoms with Gasteiger partial charge in [0.1, 0.15) is 0 Å². The van der Waals surface area contributed by atoms with Gasteiger partial charge in [0.05, 0.1) is 11.3 Å². The van der Waals surface area contributed by atoms with Crippen LogP contribution in [0, 0.1) is 0 Å². The van der Waals surface area contributed by atoms with Gasteiger partial charge in [0.15, 0.2) is 0 Å². The summed E-state index contributed by atoms with van der Waals surface area (Å²) in [7, 11) is 0. The molecule has 1 unspecified atom stereocenters. The van der Waals surface area contributed by atoms with Crippen molar-refractivity contribution in [1.29, 1.82) is 0 Å². The third-order valence-electron chi connectivity index (χ3n) is 4.88. The van der Waals surface area contributed by atoms with Crippen LogP contribution in [0.5, 0.6) is 0 Å². The molecule has 3 nitrogen and oxygen atoms in total. The lowest BCUT2D eigenvalue weighted by atomic mass is 9.68. The Balaban J connectivity index is 1.93. The molecular weight excluding hydrogens is 361 g/mol. The van der Waals surface area contributed by atoms with E-state index in [-0.39, 0.29) is 12.3 Å². The fraction of sp³-hybridized carbons (Fsp3) is 0.263. The zero-order valence-electron chi connectivity index (χ0n) is 13.6. The van der Waals surface area contributed by atoms with E-state index in [4.69, 9.17) is 0 Å². The Kier molecular flexibility index (Phi) is 4.06. The average molecular weight is 376 g/mol. The van der Waals surface area contributed by atoms with E-state index in [9.17, 15) is 18.0 Å². The van der Waals surface area contributed by atoms with Crippen molar-refractivity contribution in [3.8, 4) is 0 Å². The minimum absolute atomic E-state index is 0.0854. The van der Waals surface area contributed by atoms with Gasteiger partial charge >= 0.3 is 6.18 Å². The summed E-state index contributed by atoms with van der Waals surface area (Å²) >= 11 is 1.64. The zero-order chi connectivity index (χ0) is 18.4. The molecule has 1 N–H and O–H groups in total. The van der Waals surface area contributed by atoms with Crippen LogP contribution in [-0.4, -0.2) is 17.4 Å². The fourth-order valence-corrected chi connectivity index (χ4v) is 4.81. The number of nitrogens with zero attached hydrogens (tertiary/aromatic N) is 1. The van der Waals surface area contributed by atoms with E-state index in [0.29, 0.717) is 23.4 Å². The first-order valence-electron chi connectivity index (χ1n) is 8.17. The molecule has 134 valence electrons. The van der Waals surface area contributed by atoms with E-state index in [1.54, 1.807) is 17.8 Å². The summed E-state index contributed by atoms with van der Waals surface area (Å²) in [6, 6.07) is 13.0. The van der Waals surface area contributed by atoms with Crippen molar-refractivity contribution in [2.24, 2.45) is 5.10 Å². The van der Waals surface area contributed by atoms with Crippen molar-refractivity contribution in [1.82, 2.24) is 5.43 Å². The number of hydrogen-bond donors (Lipinski definition) is 1. The fourth-order valence-electron chi connectivity index (χ4n) is 3.65. The third-order valence-corrected chi connectivity index (χ3v) is 5.95. The van der Waals surface area contributed by atoms with Crippen LogP contribution in [0.3, 0.4) is 0 Å². The van der Waals surface area contributed by atoms with Crippen LogP contribution in [-0.2, 0) is 16.4 Å². The molecule has 2 heterocycles. The second kappa shape index (κ2) is 6.16. The summed E-state index contributed by atoms with van der Waals surface area (Å²) in [6.07, 6.45) is -3.81. The summed E-state index contributed by atoms with van der Waals surface area (Å²) in [5, 5.41) is 4.30. The Labute approximate surface area is 152 Å². The lowest BCUT2D eigenvalue weighted by molar-refractivity contribution is -0.137. The summed E-state index contributed by atoms with van der Waals surface area (Å²) in [5.41, 5.74) is 2.93. The molecule has 26 heavy (non-hydrogen) atoms. The highest BCUT2D eigenvalue weighted by molar-refractivity contribution is 7.99. The second-order valence-electron chi connectivity index (χ2n) is 6.43. The Morgan fingerprint density at radius 3 is 2.73 bits per heavy atom. The number of carbonyl (C=O) groups excluding carboxylic acids is 1. The average Bonchev–Trinajstić information content (AvgIpc) is 2.78. The number of carbonyl (C=O) groups is 1. The minimum Gasteiger partial charge on any atom is -0.273 e. The number of hydrogen-bond acceptors (Lipinski definition) is 3. The molecular formula is C19H15F3N2OS. The third kappa shape index (κ3) is 2.80. The maximum absolute atomic E-state index is 13.2. The van der Waals surface area contributed by atoms with Crippen molar-refractivity contribution in [3.63, 3.8) is 0 Å². The number of halogens is 3. The molecule has 0 aliphatic carbocycles. The molecule has 0 saturated carbocycles. The number of nitrogens with one attached hydrogen (secondary N) is 1. The van der Waals surface area contributed by atoms with Crippen molar-refractivity contribution < 1.29 is 18.0 Å². The summed E-state index contributed by atoms with van der Waals surface area (Å²) < 4.78 is 39.7. The molecule has 2 aromatic rings. The van der Waals surface area contributed by atoms with Gasteiger partial charge in [0.25, 0.3) is 0 Å². The highest BCUT2D eigenvalue weighted by Gasteiger charge is 2.45. The molecule has 4 rings (SSSR count). The smallest absolute Gasteiger partial charge is 0.273 e. The Hall–Kier alpha value is -2.28. The largest absolute Gasteiger partial charge is 0.416 e. The van der Waals surface area contributed by atoms with Crippen LogP contribution in [0.4, 0.5) is 13.2 Å². The maximum Gasteiger partial charge on any atom is 0.416 e. The summed E-state index contributed by atoms with van der Waals surface area (Å²) in [6.45, 7) is 0. The molecule has 0 spiro atoms. The Morgan fingerprint density at radius 1 is 1.12 bits per heavy atom. The number of hydrazone groups is 1. The van der Waals surface area contributed by atoms with Gasteiger partial charge in [-0.25, -0.2) is 5.43 Å². The van der Waals surface area contributed by atoms with Crippen LogP contribution in [0.2, 0.25) is 0 Å². The standard InChI is InChI=1S/C19H15F3N2OS/c20-19(21,22)13-5-3-4-12(10-13)18-8-9-26-15-7-2-1-6-14(15)17(18)24-23-16(25)11-18/h1-7,10H,8-9,11H2,(H,23,25). The number of benzene rings is 2. The predicted octanol–water partition coefficient (Wildman–Crippen LogP) is 4.36. The molecule has 0 fully saturated rings. The number of rotatable bonds is 1. The summed E-state index contributed by atoms with van der Waals surface area (Å²) in [5.74, 6) is 0.412. The van der Waals surface area contributed by atoms with Crippen LogP contribution < -0.4 is 5.43 Å². The number of amides is 1. The normalized spacial score (nSPS) is 22.6. The first kappa shape index (κ1) is 17.1. The zero-order valence-corrected chi connectivity index (χ0v) is 14.5. The molecule has 1 atom stereocenters. The minimum atomic E-state index is -4.43. The number of alkyl halides is 3. The first-order chi connectivity index (χ1) is 12.4. The van der Waals surface area contributed by atoms with Crippen molar-refractivity contribution in [2.45, 2.75) is 29.3 Å². The van der Waals surface area contributed by atoms with Crippen LogP contribution in [0.25, 0.3) is 0 Å². The van der Waals surface area contributed by atoms with Gasteiger partial charge in [-0.2, -0.15) is 18.3 Å². The quantitative estimate of drug-likeness (QED) is 0.803. The molecule has 0 saturated heterocycles. The molecule has 7 heteroatoms. The van der Waals surface area contributed by atoms with E-state index >= 15 is 0 Å². The summed E-state index contributed by atoms with van der Waals surface area (Å²) in [4.78, 5) is 13.2. The SMILES string of the molecule is O=C1CC2(c3cccc(C(F)(F)F)c3)CCSc3ccccc3C2=NN1. The van der Waals surface area contributed by atoms with E-state index in [1.807, 2.05) is 24.3 Å². The second-order valence-corrected chi connectivity index (χ2v) is 7.56. The molecule has 0 bridgehead atoms. The predicted molar refractivity (Wildman–Crippen MR) is 94.2 cm³/mol. The molecule has 0 radical (unpaired) electrons. The first-order valence-corrected chi connectivity index (χ1v) is 9.16. The van der Waals surface area contributed by atoms with E-state index in [0.717, 1.165) is 22.6 Å². The van der Waals surface area contributed by atoms with Crippen molar-refractivity contribution in [3.05, 3.63) is 65.2 Å². The van der Waals surface area contributed by atoms with Crippen LogP contribution in [0.15, 0.2) is 58.5 Å². The van der Waals surface area contributed by atoms with Gasteiger partial charge in [0.2, 0.25) is 5.91 Å². The maximum atomic E-state index is 13.2. The van der Waals surface area contributed by atoms with Gasteiger partial charge in [-0.3, -0.25) is 4.79 Å². The van der Waals surface area contributed by atoms with Gasteiger partial charge in [-0.15, -0.1) is 11.8 Å². The van der Waals surface area contributed by atoms with Crippen LogP contribution >= 0.6 is 11.8 Å². The topological polar surface area (TPSA) is 41.5 Å². The molecule has 2 aliphatic heterocycles. The molecule has 1 amide bonds. The number of thioether (sulfide) groups is 1. The highest BCUT2D eigenvalue weighted by Crippen LogP contribution is 2.45. The Morgan fingerprint density at radius 2 is 1.92 bits per heavy atom. The molecule has 0 aromatic heterocycles. The van der Waals surface area contributed by atoms with E-state index in [1.165, 1.54) is 6.07 Å². The Bertz CT molecular complexity index is 910. The van der Waals surface area contributed by atoms with Gasteiger partial charge in [-0.1, -0.05) is 36.4 Å². The van der Waals surface area contributed by atoms with Crippen molar-refractivity contribution >= 4 is 23.4 Å². The van der Waals surface area contributed by atoms with Gasteiger partial charge < -0.3 is 0 Å².